The maximum Gasteiger partial charge on any atom is 0.255 e. The molecule has 0 saturated heterocycles. The fraction of sp³-hybridized carbons (Fsp3) is 0.207. The van der Waals surface area contributed by atoms with Crippen LogP contribution in [-0.2, 0) is 19.7 Å². The molecule has 0 saturated carbocycles. The first-order chi connectivity index (χ1) is 18.4. The Morgan fingerprint density at radius 2 is 2.08 bits per heavy atom. The molecule has 0 fully saturated rings. The van der Waals surface area contributed by atoms with Gasteiger partial charge in [-0.05, 0) is 57.3 Å². The molecule has 0 radical (unpaired) electrons. The molecule has 0 amide bonds. The second kappa shape index (κ2) is 11.8. The molecule has 3 heterocycles. The number of halogens is 1. The summed E-state index contributed by atoms with van der Waals surface area (Å²) in [7, 11) is 0. The molecular formula is C29H29ClN6O2. The summed E-state index contributed by atoms with van der Waals surface area (Å²) in [5.41, 5.74) is 5.76. The fourth-order valence-electron chi connectivity index (χ4n) is 4.24. The molecule has 0 bridgehead atoms. The number of hydrogen-bond acceptors (Lipinski definition) is 7. The summed E-state index contributed by atoms with van der Waals surface area (Å²) in [6, 6.07) is 13.0. The van der Waals surface area contributed by atoms with Crippen LogP contribution in [0.2, 0.25) is 5.02 Å². The zero-order chi connectivity index (χ0) is 27.2. The average Bonchev–Trinajstić information content (AvgIpc) is 2.91. The Balaban J connectivity index is 1.71. The number of hydrazone groups is 1. The summed E-state index contributed by atoms with van der Waals surface area (Å²) in [4.78, 5) is 25.9. The van der Waals surface area contributed by atoms with Crippen molar-refractivity contribution in [3.63, 3.8) is 0 Å². The molecule has 0 unspecified atom stereocenters. The first kappa shape index (κ1) is 26.8. The highest BCUT2D eigenvalue weighted by molar-refractivity contribution is 6.31. The van der Waals surface area contributed by atoms with E-state index in [1.807, 2.05) is 51.1 Å². The second-order valence-electron chi connectivity index (χ2n) is 8.77. The molecule has 0 aliphatic carbocycles. The number of rotatable bonds is 9. The first-order valence-electron chi connectivity index (χ1n) is 12.1. The summed E-state index contributed by atoms with van der Waals surface area (Å²) in [5, 5.41) is 5.42. The van der Waals surface area contributed by atoms with E-state index >= 15 is 0 Å². The second-order valence-corrected chi connectivity index (χ2v) is 9.18. The van der Waals surface area contributed by atoms with E-state index in [1.165, 1.54) is 0 Å². The van der Waals surface area contributed by atoms with Crippen molar-refractivity contribution in [3.05, 3.63) is 110 Å². The van der Waals surface area contributed by atoms with Crippen molar-refractivity contribution in [2.45, 2.75) is 40.5 Å². The zero-order valence-electron chi connectivity index (χ0n) is 21.6. The van der Waals surface area contributed by atoms with Gasteiger partial charge in [0.2, 0.25) is 0 Å². The molecule has 8 nitrogen and oxygen atoms in total. The quantitative estimate of drug-likeness (QED) is 0.182. The molecule has 38 heavy (non-hydrogen) atoms. The third-order valence-corrected chi connectivity index (χ3v) is 6.64. The lowest BCUT2D eigenvalue weighted by molar-refractivity contribution is 0.307. The topological polar surface area (TPSA) is 108 Å². The summed E-state index contributed by atoms with van der Waals surface area (Å²) in [6.07, 6.45) is 5.30. The fourth-order valence-corrected chi connectivity index (χ4v) is 4.46. The number of para-hydroxylation sites is 1. The van der Waals surface area contributed by atoms with Crippen LogP contribution >= 0.6 is 11.6 Å². The number of hydrogen-bond donors (Lipinski definition) is 1. The highest BCUT2D eigenvalue weighted by atomic mass is 35.5. The standard InChI is InChI=1S/C29H29ClN6O2/c1-5-18(2)27(35-31)22-14-19(3)34-28-21(22)9-6-10-26(28)38-17-23-24(30)11-12-33-25(23)16-36-13-7-8-20(15-32-4)29(36)37/h5-14H,4,15-17,31H2,1-3H3/b18-5-,35-27+. The van der Waals surface area contributed by atoms with E-state index in [9.17, 15) is 4.79 Å². The van der Waals surface area contributed by atoms with Gasteiger partial charge in [0.05, 0.1) is 29.5 Å². The normalized spacial score (nSPS) is 12.1. The Morgan fingerprint density at radius 1 is 1.26 bits per heavy atom. The molecule has 4 aromatic rings. The number of ether oxygens (including phenoxy) is 1. The van der Waals surface area contributed by atoms with Gasteiger partial charge in [-0.3, -0.25) is 14.8 Å². The van der Waals surface area contributed by atoms with Crippen LogP contribution in [0.15, 0.2) is 81.4 Å². The molecule has 4 rings (SSSR count). The van der Waals surface area contributed by atoms with Gasteiger partial charge in [0.1, 0.15) is 17.9 Å². The minimum Gasteiger partial charge on any atom is -0.486 e. The van der Waals surface area contributed by atoms with Crippen LogP contribution in [0.3, 0.4) is 0 Å². The van der Waals surface area contributed by atoms with Gasteiger partial charge in [-0.2, -0.15) is 5.10 Å². The van der Waals surface area contributed by atoms with Gasteiger partial charge in [0.15, 0.2) is 0 Å². The van der Waals surface area contributed by atoms with Crippen molar-refractivity contribution in [2.24, 2.45) is 15.9 Å². The Hall–Kier alpha value is -4.30. The van der Waals surface area contributed by atoms with Crippen LogP contribution in [0.1, 0.15) is 41.9 Å². The first-order valence-corrected chi connectivity index (χ1v) is 12.4. The Morgan fingerprint density at radius 3 is 2.82 bits per heavy atom. The van der Waals surface area contributed by atoms with Crippen molar-refractivity contribution in [1.82, 2.24) is 14.5 Å². The molecule has 2 N–H and O–H groups in total. The SMILES string of the molecule is C=NCc1cccn(Cc2nccc(Cl)c2COc2cccc3c(C(=N/N)/C(C)=C\C)cc(C)nc23)c1=O. The molecule has 0 aliphatic heterocycles. The largest absolute Gasteiger partial charge is 0.486 e. The number of fused-ring (bicyclic) bond motifs is 1. The van der Waals surface area contributed by atoms with Crippen molar-refractivity contribution in [2.75, 3.05) is 0 Å². The van der Waals surface area contributed by atoms with Crippen LogP contribution in [0.5, 0.6) is 5.75 Å². The number of aryl methyl sites for hydroxylation is 1. The predicted octanol–water partition coefficient (Wildman–Crippen LogP) is 5.21. The highest BCUT2D eigenvalue weighted by Crippen LogP contribution is 2.30. The van der Waals surface area contributed by atoms with Gasteiger partial charge in [-0.25, -0.2) is 4.98 Å². The Bertz CT molecular complexity index is 1620. The molecule has 0 aliphatic rings. The number of aliphatic imine (C=N–C) groups is 1. The van der Waals surface area contributed by atoms with Crippen molar-refractivity contribution in [1.29, 1.82) is 0 Å². The zero-order valence-corrected chi connectivity index (χ0v) is 22.4. The number of nitrogens with two attached hydrogens (primary N) is 1. The lowest BCUT2D eigenvalue weighted by Crippen LogP contribution is -2.24. The van der Waals surface area contributed by atoms with E-state index in [-0.39, 0.29) is 25.3 Å². The van der Waals surface area contributed by atoms with E-state index < -0.39 is 0 Å². The van der Waals surface area contributed by atoms with Gasteiger partial charge in [-0.1, -0.05) is 35.9 Å². The molecule has 194 valence electrons. The van der Waals surface area contributed by atoms with Crippen LogP contribution in [0.25, 0.3) is 10.9 Å². The van der Waals surface area contributed by atoms with E-state index in [1.54, 1.807) is 35.2 Å². The summed E-state index contributed by atoms with van der Waals surface area (Å²) in [5.74, 6) is 6.36. The Labute approximate surface area is 226 Å². The van der Waals surface area contributed by atoms with E-state index in [4.69, 9.17) is 27.2 Å². The minimum atomic E-state index is -0.149. The third-order valence-electron chi connectivity index (χ3n) is 6.28. The molecule has 0 spiro atoms. The van der Waals surface area contributed by atoms with Gasteiger partial charge >= 0.3 is 0 Å². The van der Waals surface area contributed by atoms with Crippen LogP contribution in [0, 0.1) is 6.92 Å². The van der Waals surface area contributed by atoms with Crippen LogP contribution in [0.4, 0.5) is 0 Å². The number of nitrogens with zero attached hydrogens (tertiary/aromatic N) is 5. The van der Waals surface area contributed by atoms with Gasteiger partial charge in [-0.15, -0.1) is 0 Å². The van der Waals surface area contributed by atoms with Crippen molar-refractivity contribution < 1.29 is 4.74 Å². The number of benzene rings is 1. The number of aromatic nitrogens is 3. The molecule has 0 atom stereocenters. The number of allylic oxidation sites excluding steroid dienone is 2. The smallest absolute Gasteiger partial charge is 0.255 e. The van der Waals surface area contributed by atoms with Gasteiger partial charge in [0.25, 0.3) is 5.56 Å². The summed E-state index contributed by atoms with van der Waals surface area (Å²) < 4.78 is 7.86. The van der Waals surface area contributed by atoms with Crippen molar-refractivity contribution >= 4 is 34.9 Å². The monoisotopic (exact) mass is 528 g/mol. The third kappa shape index (κ3) is 5.50. The number of pyridine rings is 3. The highest BCUT2D eigenvalue weighted by Gasteiger charge is 2.17. The van der Waals surface area contributed by atoms with E-state index in [0.717, 1.165) is 22.2 Å². The predicted molar refractivity (Wildman–Crippen MR) is 153 cm³/mol. The van der Waals surface area contributed by atoms with Crippen LogP contribution in [-0.4, -0.2) is 27.0 Å². The van der Waals surface area contributed by atoms with E-state index in [2.05, 4.69) is 21.8 Å². The van der Waals surface area contributed by atoms with Crippen molar-refractivity contribution in [3.8, 4) is 5.75 Å². The van der Waals surface area contributed by atoms with Gasteiger partial charge < -0.3 is 15.1 Å². The Kier molecular flexibility index (Phi) is 8.33. The summed E-state index contributed by atoms with van der Waals surface area (Å²) in [6.45, 7) is 9.94. The maximum absolute atomic E-state index is 12.9. The molecule has 3 aromatic heterocycles. The summed E-state index contributed by atoms with van der Waals surface area (Å²) >= 11 is 6.58. The average molecular weight is 529 g/mol. The van der Waals surface area contributed by atoms with Gasteiger partial charge in [0, 0.05) is 40.2 Å². The lowest BCUT2D eigenvalue weighted by Gasteiger charge is -2.16. The molecule has 1 aromatic carbocycles. The maximum atomic E-state index is 12.9. The molecular weight excluding hydrogens is 500 g/mol. The minimum absolute atomic E-state index is 0.139. The molecule has 9 heteroatoms. The van der Waals surface area contributed by atoms with Crippen LogP contribution < -0.4 is 16.1 Å². The van der Waals surface area contributed by atoms with E-state index in [0.29, 0.717) is 38.8 Å². The lowest BCUT2D eigenvalue weighted by atomic mass is 9.98.